The monoisotopic (exact) mass is 441 g/mol. The standard InChI is InChI=1S/C24H35N5OS/c1-25-24(27-17-22(23-9-6-14-31-23)28-11-3-4-12-28)26-16-19-10-13-29(18-19)20-7-5-8-21(15-20)30-2/h5-9,14-15,19,22H,3-4,10-13,16-18H2,1-2H3,(H2,25,26,27). The van der Waals surface area contributed by atoms with Crippen LogP contribution in [0.25, 0.3) is 0 Å². The molecule has 168 valence electrons. The van der Waals surface area contributed by atoms with Crippen molar-refractivity contribution < 1.29 is 4.74 Å². The van der Waals surface area contributed by atoms with Gasteiger partial charge in [-0.15, -0.1) is 11.3 Å². The van der Waals surface area contributed by atoms with Crippen LogP contribution in [0.3, 0.4) is 0 Å². The third kappa shape index (κ3) is 5.71. The van der Waals surface area contributed by atoms with Gasteiger partial charge >= 0.3 is 0 Å². The summed E-state index contributed by atoms with van der Waals surface area (Å²) in [6, 6.07) is 13.2. The lowest BCUT2D eigenvalue weighted by Gasteiger charge is -2.28. The zero-order valence-corrected chi connectivity index (χ0v) is 19.5. The lowest BCUT2D eigenvalue weighted by molar-refractivity contribution is 0.249. The molecule has 2 aliphatic rings. The fourth-order valence-corrected chi connectivity index (χ4v) is 5.50. The SMILES string of the molecule is CN=C(NCC1CCN(c2cccc(OC)c2)C1)NCC(c1cccs1)N1CCCC1. The molecule has 3 heterocycles. The van der Waals surface area contributed by atoms with E-state index in [-0.39, 0.29) is 0 Å². The first-order valence-electron chi connectivity index (χ1n) is 11.4. The summed E-state index contributed by atoms with van der Waals surface area (Å²) in [6.45, 7) is 6.36. The summed E-state index contributed by atoms with van der Waals surface area (Å²) in [7, 11) is 3.59. The number of rotatable bonds is 8. The van der Waals surface area contributed by atoms with Crippen molar-refractivity contribution in [1.82, 2.24) is 15.5 Å². The molecular formula is C24H35N5OS. The van der Waals surface area contributed by atoms with E-state index in [4.69, 9.17) is 4.74 Å². The quantitative estimate of drug-likeness (QED) is 0.484. The molecule has 1 aromatic heterocycles. The number of guanidine groups is 1. The second-order valence-corrected chi connectivity index (χ2v) is 9.39. The Morgan fingerprint density at radius 3 is 2.81 bits per heavy atom. The fourth-order valence-electron chi connectivity index (χ4n) is 4.64. The molecular weight excluding hydrogens is 406 g/mol. The van der Waals surface area contributed by atoms with Gasteiger partial charge in [0.1, 0.15) is 5.75 Å². The van der Waals surface area contributed by atoms with E-state index in [0.717, 1.165) is 37.9 Å². The molecule has 2 unspecified atom stereocenters. The molecule has 2 saturated heterocycles. The van der Waals surface area contributed by atoms with Crippen LogP contribution in [0.4, 0.5) is 5.69 Å². The van der Waals surface area contributed by atoms with E-state index in [1.54, 1.807) is 7.11 Å². The third-order valence-corrected chi connectivity index (χ3v) is 7.38. The number of thiophene rings is 1. The van der Waals surface area contributed by atoms with Crippen molar-refractivity contribution >= 4 is 23.0 Å². The number of benzene rings is 1. The van der Waals surface area contributed by atoms with Gasteiger partial charge in [0.2, 0.25) is 0 Å². The van der Waals surface area contributed by atoms with Gasteiger partial charge in [-0.1, -0.05) is 12.1 Å². The Labute approximate surface area is 190 Å². The van der Waals surface area contributed by atoms with Gasteiger partial charge in [0, 0.05) is 49.9 Å². The summed E-state index contributed by atoms with van der Waals surface area (Å²) in [4.78, 5) is 11.0. The molecule has 2 N–H and O–H groups in total. The van der Waals surface area contributed by atoms with Crippen LogP contribution >= 0.6 is 11.3 Å². The molecule has 6 nitrogen and oxygen atoms in total. The van der Waals surface area contributed by atoms with Gasteiger partial charge in [-0.3, -0.25) is 9.89 Å². The van der Waals surface area contributed by atoms with Crippen LogP contribution in [0.15, 0.2) is 46.8 Å². The van der Waals surface area contributed by atoms with Crippen LogP contribution in [0, 0.1) is 5.92 Å². The van der Waals surface area contributed by atoms with Crippen molar-refractivity contribution in [3.8, 4) is 5.75 Å². The van der Waals surface area contributed by atoms with Crippen molar-refractivity contribution in [1.29, 1.82) is 0 Å². The lowest BCUT2D eigenvalue weighted by atomic mass is 10.1. The number of methoxy groups -OCH3 is 1. The Balaban J connectivity index is 1.26. The van der Waals surface area contributed by atoms with Gasteiger partial charge in [-0.05, 0) is 61.8 Å². The third-order valence-electron chi connectivity index (χ3n) is 6.40. The van der Waals surface area contributed by atoms with Crippen LogP contribution in [-0.4, -0.2) is 64.3 Å². The largest absolute Gasteiger partial charge is 0.497 e. The van der Waals surface area contributed by atoms with Gasteiger partial charge < -0.3 is 20.3 Å². The first kappa shape index (κ1) is 22.0. The summed E-state index contributed by atoms with van der Waals surface area (Å²) in [5.41, 5.74) is 1.24. The summed E-state index contributed by atoms with van der Waals surface area (Å²) >= 11 is 1.86. The van der Waals surface area contributed by atoms with E-state index in [0.29, 0.717) is 12.0 Å². The maximum Gasteiger partial charge on any atom is 0.191 e. The molecule has 1 aromatic carbocycles. The van der Waals surface area contributed by atoms with Gasteiger partial charge in [-0.25, -0.2) is 0 Å². The maximum absolute atomic E-state index is 5.38. The minimum atomic E-state index is 0.427. The number of nitrogens with one attached hydrogen (secondary N) is 2. The summed E-state index contributed by atoms with van der Waals surface area (Å²) < 4.78 is 5.38. The number of hydrogen-bond donors (Lipinski definition) is 2. The fraction of sp³-hybridized carbons (Fsp3) is 0.542. The van der Waals surface area contributed by atoms with E-state index in [1.807, 2.05) is 24.5 Å². The number of ether oxygens (including phenoxy) is 1. The Morgan fingerprint density at radius 1 is 1.19 bits per heavy atom. The zero-order chi connectivity index (χ0) is 21.5. The molecule has 31 heavy (non-hydrogen) atoms. The van der Waals surface area contributed by atoms with Crippen LogP contribution in [-0.2, 0) is 0 Å². The molecule has 2 atom stereocenters. The van der Waals surface area contributed by atoms with Gasteiger partial charge in [0.05, 0.1) is 13.2 Å². The Morgan fingerprint density at radius 2 is 2.06 bits per heavy atom. The van der Waals surface area contributed by atoms with Gasteiger partial charge in [0.25, 0.3) is 0 Å². The Bertz CT molecular complexity index is 834. The molecule has 0 radical (unpaired) electrons. The van der Waals surface area contributed by atoms with E-state index in [9.17, 15) is 0 Å². The molecule has 0 bridgehead atoms. The van der Waals surface area contributed by atoms with Crippen molar-refractivity contribution in [2.75, 3.05) is 58.3 Å². The average Bonchev–Trinajstić information content (AvgIpc) is 3.59. The number of aliphatic imine (C=N–C) groups is 1. The van der Waals surface area contributed by atoms with Crippen molar-refractivity contribution in [2.45, 2.75) is 25.3 Å². The molecule has 0 saturated carbocycles. The summed E-state index contributed by atoms with van der Waals surface area (Å²) in [5, 5.41) is 9.34. The van der Waals surface area contributed by atoms with E-state index < -0.39 is 0 Å². The van der Waals surface area contributed by atoms with Crippen LogP contribution in [0.1, 0.15) is 30.2 Å². The average molecular weight is 442 g/mol. The van der Waals surface area contributed by atoms with Crippen LogP contribution in [0.2, 0.25) is 0 Å². The molecule has 2 fully saturated rings. The highest BCUT2D eigenvalue weighted by Gasteiger charge is 2.25. The second kappa shape index (κ2) is 10.9. The molecule has 0 amide bonds. The first-order chi connectivity index (χ1) is 15.3. The topological polar surface area (TPSA) is 52.1 Å². The number of nitrogens with zero attached hydrogens (tertiary/aromatic N) is 3. The highest BCUT2D eigenvalue weighted by atomic mass is 32.1. The number of likely N-dealkylation sites (tertiary alicyclic amines) is 1. The maximum atomic E-state index is 5.38. The normalized spacial score (nSPS) is 20.8. The molecule has 2 aromatic rings. The summed E-state index contributed by atoms with van der Waals surface area (Å²) in [6.07, 6.45) is 3.80. The molecule has 7 heteroatoms. The van der Waals surface area contributed by atoms with Crippen LogP contribution in [0.5, 0.6) is 5.75 Å². The number of hydrogen-bond acceptors (Lipinski definition) is 5. The smallest absolute Gasteiger partial charge is 0.191 e. The predicted octanol–water partition coefficient (Wildman–Crippen LogP) is 3.59. The van der Waals surface area contributed by atoms with Crippen molar-refractivity contribution in [3.05, 3.63) is 46.7 Å². The van der Waals surface area contributed by atoms with E-state index in [1.165, 1.54) is 42.9 Å². The molecule has 2 aliphatic heterocycles. The Kier molecular flexibility index (Phi) is 7.70. The molecule has 4 rings (SSSR count). The highest BCUT2D eigenvalue weighted by molar-refractivity contribution is 7.10. The van der Waals surface area contributed by atoms with Gasteiger partial charge in [0.15, 0.2) is 5.96 Å². The highest BCUT2D eigenvalue weighted by Crippen LogP contribution is 2.28. The van der Waals surface area contributed by atoms with Gasteiger partial charge in [-0.2, -0.15) is 0 Å². The first-order valence-corrected chi connectivity index (χ1v) is 12.3. The van der Waals surface area contributed by atoms with Crippen molar-refractivity contribution in [2.24, 2.45) is 10.9 Å². The Hall–Kier alpha value is -2.25. The molecule has 0 spiro atoms. The minimum absolute atomic E-state index is 0.427. The number of anilines is 1. The lowest BCUT2D eigenvalue weighted by Crippen LogP contribution is -2.44. The second-order valence-electron chi connectivity index (χ2n) is 8.41. The predicted molar refractivity (Wildman–Crippen MR) is 131 cm³/mol. The van der Waals surface area contributed by atoms with Crippen LogP contribution < -0.4 is 20.3 Å². The summed E-state index contributed by atoms with van der Waals surface area (Å²) in [5.74, 6) is 2.43. The van der Waals surface area contributed by atoms with Crippen molar-refractivity contribution in [3.63, 3.8) is 0 Å². The minimum Gasteiger partial charge on any atom is -0.497 e. The zero-order valence-electron chi connectivity index (χ0n) is 18.7. The molecule has 0 aliphatic carbocycles. The van der Waals surface area contributed by atoms with E-state index in [2.05, 4.69) is 61.1 Å². The van der Waals surface area contributed by atoms with E-state index >= 15 is 0 Å².